The predicted octanol–water partition coefficient (Wildman–Crippen LogP) is 4.37. The van der Waals surface area contributed by atoms with Gasteiger partial charge in [-0.05, 0) is 42.0 Å². The number of carbonyl (C=O) groups excluding carboxylic acids is 1. The predicted molar refractivity (Wildman–Crippen MR) is 125 cm³/mol. The average molecular weight is 460 g/mol. The molecule has 1 N–H and O–H groups in total. The topological polar surface area (TPSA) is 61.5 Å². The molecule has 0 aliphatic carbocycles. The van der Waals surface area contributed by atoms with E-state index in [-0.39, 0.29) is 23.5 Å². The van der Waals surface area contributed by atoms with Gasteiger partial charge < -0.3 is 14.6 Å². The number of halogens is 2. The van der Waals surface area contributed by atoms with Crippen LogP contribution in [0, 0.1) is 17.6 Å². The molecular weight excluding hydrogens is 438 g/mol. The van der Waals surface area contributed by atoms with Crippen LogP contribution in [0.25, 0.3) is 22.2 Å². The van der Waals surface area contributed by atoms with Crippen LogP contribution in [-0.4, -0.2) is 47.0 Å². The van der Waals surface area contributed by atoms with Crippen molar-refractivity contribution in [2.24, 2.45) is 5.92 Å². The zero-order valence-corrected chi connectivity index (χ0v) is 18.3. The van der Waals surface area contributed by atoms with Gasteiger partial charge in [0.2, 0.25) is 5.91 Å². The van der Waals surface area contributed by atoms with Crippen LogP contribution in [0.15, 0.2) is 60.9 Å². The number of carbonyl (C=O) groups is 1. The molecule has 34 heavy (non-hydrogen) atoms. The highest BCUT2D eigenvalue weighted by Crippen LogP contribution is 2.41. The Morgan fingerprint density at radius 2 is 1.94 bits per heavy atom. The number of fused-ring (bicyclic) bond motifs is 2. The zero-order valence-electron chi connectivity index (χ0n) is 18.3. The second-order valence-electron chi connectivity index (χ2n) is 8.81. The number of aromatic amines is 1. The summed E-state index contributed by atoms with van der Waals surface area (Å²) in [5.41, 5.74) is 3.71. The fraction of sp³-hybridized carbons (Fsp3) is 0.231. The number of rotatable bonds is 4. The van der Waals surface area contributed by atoms with E-state index in [0.29, 0.717) is 49.7 Å². The molecule has 2 aromatic heterocycles. The lowest BCUT2D eigenvalue weighted by molar-refractivity contribution is -0.128. The molecule has 1 saturated heterocycles. The van der Waals surface area contributed by atoms with Crippen molar-refractivity contribution in [2.45, 2.75) is 6.54 Å². The normalized spacial score (nSPS) is 16.2. The maximum absolute atomic E-state index is 13.6. The number of amides is 1. The minimum atomic E-state index is -0.311. The van der Waals surface area contributed by atoms with Gasteiger partial charge in [0.15, 0.2) is 5.75 Å². The van der Waals surface area contributed by atoms with E-state index in [4.69, 9.17) is 4.74 Å². The molecule has 0 unspecified atom stereocenters. The van der Waals surface area contributed by atoms with Crippen molar-refractivity contribution in [2.75, 3.05) is 31.1 Å². The summed E-state index contributed by atoms with van der Waals surface area (Å²) < 4.78 is 33.0. The second kappa shape index (κ2) is 8.22. The lowest BCUT2D eigenvalue weighted by Gasteiger charge is -2.41. The fourth-order valence-electron chi connectivity index (χ4n) is 4.78. The minimum absolute atomic E-state index is 0.0395. The van der Waals surface area contributed by atoms with Crippen molar-refractivity contribution in [1.82, 2.24) is 14.9 Å². The molecule has 6 nitrogen and oxygen atoms in total. The number of H-pyrrole nitrogens is 1. The van der Waals surface area contributed by atoms with Gasteiger partial charge in [-0.2, -0.15) is 0 Å². The quantitative estimate of drug-likeness (QED) is 0.492. The van der Waals surface area contributed by atoms with Crippen LogP contribution >= 0.6 is 0 Å². The molecule has 0 saturated carbocycles. The second-order valence-corrected chi connectivity index (χ2v) is 8.81. The van der Waals surface area contributed by atoms with E-state index in [2.05, 4.69) is 14.9 Å². The SMILES string of the molecule is O=C(C1CN(Cc2cccc(F)c2)C1)N1CCOc2c(-c3cc4ccc(F)cc4[nH]3)cncc21. The molecule has 2 aliphatic rings. The van der Waals surface area contributed by atoms with Crippen molar-refractivity contribution < 1.29 is 18.3 Å². The van der Waals surface area contributed by atoms with Gasteiger partial charge in [-0.15, -0.1) is 0 Å². The maximum atomic E-state index is 13.6. The van der Waals surface area contributed by atoms with Crippen molar-refractivity contribution in [3.8, 4) is 17.0 Å². The molecule has 172 valence electrons. The molecule has 6 rings (SSSR count). The van der Waals surface area contributed by atoms with E-state index in [1.54, 1.807) is 29.4 Å². The Balaban J connectivity index is 1.21. The lowest BCUT2D eigenvalue weighted by Crippen LogP contribution is -2.55. The molecule has 0 bridgehead atoms. The van der Waals surface area contributed by atoms with Gasteiger partial charge in [-0.3, -0.25) is 14.7 Å². The largest absolute Gasteiger partial charge is 0.489 e. The monoisotopic (exact) mass is 460 g/mol. The Morgan fingerprint density at radius 1 is 1.09 bits per heavy atom. The Kier molecular flexibility index (Phi) is 5.03. The summed E-state index contributed by atoms with van der Waals surface area (Å²) in [5, 5.41) is 0.880. The standard InChI is InChI=1S/C26H22F2N4O2/c27-19-3-1-2-16(8-19)13-31-14-18(15-31)26(33)32-6-7-34-25-21(11-29-12-24(25)32)23-9-17-4-5-20(28)10-22(17)30-23/h1-5,8-12,18,30H,6-7,13-15H2. The Bertz CT molecular complexity index is 1400. The zero-order chi connectivity index (χ0) is 23.2. The van der Waals surface area contributed by atoms with Crippen molar-refractivity contribution in [3.05, 3.63) is 78.1 Å². The highest BCUT2D eigenvalue weighted by atomic mass is 19.1. The van der Waals surface area contributed by atoms with Crippen molar-refractivity contribution in [1.29, 1.82) is 0 Å². The number of nitrogens with one attached hydrogen (secondary N) is 1. The van der Waals surface area contributed by atoms with Crippen LogP contribution in [0.2, 0.25) is 0 Å². The van der Waals surface area contributed by atoms with Gasteiger partial charge in [0.1, 0.15) is 23.9 Å². The van der Waals surface area contributed by atoms with Gasteiger partial charge in [0.05, 0.1) is 29.9 Å². The highest BCUT2D eigenvalue weighted by molar-refractivity contribution is 5.99. The lowest BCUT2D eigenvalue weighted by atomic mass is 9.96. The Hall–Kier alpha value is -3.78. The first-order valence-electron chi connectivity index (χ1n) is 11.2. The molecule has 2 aliphatic heterocycles. The number of likely N-dealkylation sites (tertiary alicyclic amines) is 1. The third-order valence-corrected chi connectivity index (χ3v) is 6.47. The third-order valence-electron chi connectivity index (χ3n) is 6.47. The van der Waals surface area contributed by atoms with Crippen molar-refractivity contribution in [3.63, 3.8) is 0 Å². The van der Waals surface area contributed by atoms with E-state index >= 15 is 0 Å². The molecule has 0 spiro atoms. The maximum Gasteiger partial charge on any atom is 0.232 e. The van der Waals surface area contributed by atoms with Gasteiger partial charge in [0, 0.05) is 36.7 Å². The Morgan fingerprint density at radius 3 is 2.79 bits per heavy atom. The summed E-state index contributed by atoms with van der Waals surface area (Å²) in [6.45, 7) is 2.71. The Labute approximate surface area is 194 Å². The summed E-state index contributed by atoms with van der Waals surface area (Å²) in [5.74, 6) is -0.0532. The molecule has 0 atom stereocenters. The first-order chi connectivity index (χ1) is 16.5. The van der Waals surface area contributed by atoms with Gasteiger partial charge in [-0.25, -0.2) is 8.78 Å². The first kappa shape index (κ1) is 20.8. The van der Waals surface area contributed by atoms with Crippen LogP contribution in [0.4, 0.5) is 14.5 Å². The number of ether oxygens (including phenoxy) is 1. The van der Waals surface area contributed by atoms with Crippen LogP contribution in [-0.2, 0) is 11.3 Å². The van der Waals surface area contributed by atoms with Crippen LogP contribution in [0.3, 0.4) is 0 Å². The summed E-state index contributed by atoms with van der Waals surface area (Å²) in [4.78, 5) is 24.8. The minimum Gasteiger partial charge on any atom is -0.489 e. The molecule has 2 aromatic carbocycles. The summed E-state index contributed by atoms with van der Waals surface area (Å²) >= 11 is 0. The number of anilines is 1. The van der Waals surface area contributed by atoms with E-state index in [0.717, 1.165) is 22.2 Å². The average Bonchev–Trinajstić information content (AvgIpc) is 3.23. The number of hydrogen-bond donors (Lipinski definition) is 1. The van der Waals surface area contributed by atoms with E-state index in [1.807, 2.05) is 12.1 Å². The fourth-order valence-corrected chi connectivity index (χ4v) is 4.78. The van der Waals surface area contributed by atoms with Crippen LogP contribution in [0.5, 0.6) is 5.75 Å². The van der Waals surface area contributed by atoms with Crippen molar-refractivity contribution >= 4 is 22.5 Å². The molecule has 8 heteroatoms. The van der Waals surface area contributed by atoms with E-state index in [9.17, 15) is 13.6 Å². The number of pyridine rings is 1. The van der Waals surface area contributed by atoms with E-state index in [1.165, 1.54) is 24.3 Å². The smallest absolute Gasteiger partial charge is 0.232 e. The first-order valence-corrected chi connectivity index (χ1v) is 11.2. The van der Waals surface area contributed by atoms with Gasteiger partial charge >= 0.3 is 0 Å². The van der Waals surface area contributed by atoms with Crippen LogP contribution in [0.1, 0.15) is 5.56 Å². The molecule has 1 amide bonds. The van der Waals surface area contributed by atoms with E-state index < -0.39 is 0 Å². The molecule has 0 radical (unpaired) electrons. The molecule has 4 heterocycles. The third kappa shape index (κ3) is 3.70. The van der Waals surface area contributed by atoms with Gasteiger partial charge in [-0.1, -0.05) is 12.1 Å². The molecular formula is C26H22F2N4O2. The van der Waals surface area contributed by atoms with Gasteiger partial charge in [0.25, 0.3) is 0 Å². The van der Waals surface area contributed by atoms with Crippen LogP contribution < -0.4 is 9.64 Å². The molecule has 4 aromatic rings. The summed E-state index contributed by atoms with van der Waals surface area (Å²) in [6, 6.07) is 13.1. The summed E-state index contributed by atoms with van der Waals surface area (Å²) in [7, 11) is 0. The number of benzene rings is 2. The molecule has 1 fully saturated rings. The highest BCUT2D eigenvalue weighted by Gasteiger charge is 2.38. The number of aromatic nitrogens is 2. The summed E-state index contributed by atoms with van der Waals surface area (Å²) in [6.07, 6.45) is 3.35. The number of nitrogens with zero attached hydrogens (tertiary/aromatic N) is 3. The number of hydrogen-bond acceptors (Lipinski definition) is 4.